The average molecular weight is 390 g/mol. The summed E-state index contributed by atoms with van der Waals surface area (Å²) >= 11 is 0. The van der Waals surface area contributed by atoms with Gasteiger partial charge in [-0.15, -0.1) is 0 Å². The second-order valence-corrected chi connectivity index (χ2v) is 6.81. The fourth-order valence-electron chi connectivity index (χ4n) is 3.03. The molecule has 0 aromatic carbocycles. The first-order valence-corrected chi connectivity index (χ1v) is 9.23. The van der Waals surface area contributed by atoms with Crippen molar-refractivity contribution in [2.45, 2.75) is 38.1 Å². The van der Waals surface area contributed by atoms with Crippen LogP contribution in [0.25, 0.3) is 0 Å². The molecule has 0 radical (unpaired) electrons. The van der Waals surface area contributed by atoms with E-state index in [9.17, 15) is 19.2 Å². The molecular formula is C18H26N6O4. The van der Waals surface area contributed by atoms with Crippen LogP contribution in [0, 0.1) is 5.92 Å². The molecule has 0 saturated heterocycles. The summed E-state index contributed by atoms with van der Waals surface area (Å²) in [6, 6.07) is 4.11. The largest absolute Gasteiger partial charge is 0.364 e. The Hall–Kier alpha value is -3.17. The van der Waals surface area contributed by atoms with Crippen molar-refractivity contribution in [1.82, 2.24) is 20.9 Å². The Balaban J connectivity index is 1.58. The van der Waals surface area contributed by atoms with Gasteiger partial charge in [0.1, 0.15) is 11.4 Å². The Kier molecular flexibility index (Phi) is 7.73. The Morgan fingerprint density at radius 3 is 2.43 bits per heavy atom. The lowest BCUT2D eigenvalue weighted by Crippen LogP contribution is -2.45. The molecule has 10 nitrogen and oxygen atoms in total. The van der Waals surface area contributed by atoms with Gasteiger partial charge in [0.05, 0.1) is 0 Å². The summed E-state index contributed by atoms with van der Waals surface area (Å²) in [6.07, 6.45) is 3.43. The molecule has 152 valence electrons. The summed E-state index contributed by atoms with van der Waals surface area (Å²) in [7, 11) is 0. The van der Waals surface area contributed by atoms with Gasteiger partial charge in [-0.2, -0.15) is 0 Å². The van der Waals surface area contributed by atoms with Crippen molar-refractivity contribution >= 4 is 23.8 Å². The minimum absolute atomic E-state index is 0.0385. The zero-order valence-corrected chi connectivity index (χ0v) is 15.6. The normalized spacial score (nSPS) is 17.9. The molecule has 1 aliphatic carbocycles. The summed E-state index contributed by atoms with van der Waals surface area (Å²) in [6.45, 7) is 0.873. The molecular weight excluding hydrogens is 364 g/mol. The van der Waals surface area contributed by atoms with Crippen molar-refractivity contribution in [2.75, 3.05) is 13.1 Å². The first-order valence-electron chi connectivity index (χ1n) is 9.23. The van der Waals surface area contributed by atoms with Crippen LogP contribution in [-0.4, -0.2) is 47.9 Å². The van der Waals surface area contributed by atoms with E-state index in [4.69, 9.17) is 11.5 Å². The molecule has 1 aromatic heterocycles. The lowest BCUT2D eigenvalue weighted by Gasteiger charge is -2.36. The molecule has 1 aliphatic rings. The summed E-state index contributed by atoms with van der Waals surface area (Å²) in [4.78, 5) is 49.4. The zero-order chi connectivity index (χ0) is 20.5. The second kappa shape index (κ2) is 10.2. The van der Waals surface area contributed by atoms with Crippen LogP contribution in [0.1, 0.15) is 53.1 Å². The molecule has 1 heterocycles. The average Bonchev–Trinajstić information content (AvgIpc) is 2.62. The van der Waals surface area contributed by atoms with E-state index in [2.05, 4.69) is 20.9 Å². The predicted octanol–water partition coefficient (Wildman–Crippen LogP) is -0.356. The molecule has 0 bridgehead atoms. The molecule has 2 rings (SSSR count). The number of hydrogen-bond donors (Lipinski definition) is 5. The monoisotopic (exact) mass is 390 g/mol. The van der Waals surface area contributed by atoms with Crippen molar-refractivity contribution in [1.29, 1.82) is 0 Å². The first-order chi connectivity index (χ1) is 13.3. The molecule has 28 heavy (non-hydrogen) atoms. The molecule has 0 atom stereocenters. The van der Waals surface area contributed by atoms with Crippen LogP contribution in [0.2, 0.25) is 0 Å². The standard InChI is InChI=1S/C18H26N6O4/c19-16(26)13-3-1-4-14(24-13)17(27)21-8-6-11-9-12(10-11)23-15(25)5-2-7-22-18(20)28/h1,3-4,11-12H,2,5-10H2,(H2,19,26)(H,21,27)(H,23,25)(H3,20,22,28). The predicted molar refractivity (Wildman–Crippen MR) is 101 cm³/mol. The summed E-state index contributed by atoms with van der Waals surface area (Å²) in [5.74, 6) is -0.631. The highest BCUT2D eigenvalue weighted by atomic mass is 16.2. The molecule has 0 spiro atoms. The number of carbonyl (C=O) groups excluding carboxylic acids is 4. The third kappa shape index (κ3) is 6.86. The van der Waals surface area contributed by atoms with E-state index in [1.165, 1.54) is 12.1 Å². The Morgan fingerprint density at radius 2 is 1.75 bits per heavy atom. The Morgan fingerprint density at radius 1 is 1.04 bits per heavy atom. The maximum Gasteiger partial charge on any atom is 0.312 e. The van der Waals surface area contributed by atoms with Gasteiger partial charge in [-0.1, -0.05) is 6.07 Å². The van der Waals surface area contributed by atoms with E-state index in [0.717, 1.165) is 19.3 Å². The van der Waals surface area contributed by atoms with Crippen LogP contribution in [0.3, 0.4) is 0 Å². The highest BCUT2D eigenvalue weighted by Crippen LogP contribution is 2.30. The van der Waals surface area contributed by atoms with Gasteiger partial charge >= 0.3 is 6.03 Å². The minimum Gasteiger partial charge on any atom is -0.364 e. The number of primary amides is 2. The molecule has 0 unspecified atom stereocenters. The Bertz CT molecular complexity index is 733. The van der Waals surface area contributed by atoms with Crippen LogP contribution < -0.4 is 27.4 Å². The van der Waals surface area contributed by atoms with E-state index in [1.54, 1.807) is 6.07 Å². The number of nitrogens with zero attached hydrogens (tertiary/aromatic N) is 1. The minimum atomic E-state index is -0.679. The second-order valence-electron chi connectivity index (χ2n) is 6.81. The van der Waals surface area contributed by atoms with Crippen LogP contribution >= 0.6 is 0 Å². The molecule has 5 amide bonds. The highest BCUT2D eigenvalue weighted by molar-refractivity contribution is 5.95. The molecule has 1 aromatic rings. The molecule has 1 saturated carbocycles. The maximum absolute atomic E-state index is 12.1. The van der Waals surface area contributed by atoms with Crippen molar-refractivity contribution in [3.8, 4) is 0 Å². The number of nitrogens with two attached hydrogens (primary N) is 2. The number of nitrogens with one attached hydrogen (secondary N) is 3. The number of carbonyl (C=O) groups is 4. The topological polar surface area (TPSA) is 169 Å². The lowest BCUT2D eigenvalue weighted by molar-refractivity contribution is -0.122. The first kappa shape index (κ1) is 21.1. The van der Waals surface area contributed by atoms with Gasteiger partial charge in [0.2, 0.25) is 5.91 Å². The SMILES string of the molecule is NC(=O)NCCCC(=O)NC1CC(CCNC(=O)c2cccc(C(N)=O)n2)C1. The molecule has 10 heteroatoms. The fourth-order valence-corrected chi connectivity index (χ4v) is 3.03. The van der Waals surface area contributed by atoms with Gasteiger partial charge in [0.15, 0.2) is 0 Å². The van der Waals surface area contributed by atoms with E-state index in [1.807, 2.05) is 0 Å². The number of aromatic nitrogens is 1. The Labute approximate surface area is 162 Å². The van der Waals surface area contributed by atoms with Gasteiger partial charge in [0, 0.05) is 25.6 Å². The van der Waals surface area contributed by atoms with E-state index >= 15 is 0 Å². The third-order valence-electron chi connectivity index (χ3n) is 4.55. The molecule has 7 N–H and O–H groups in total. The van der Waals surface area contributed by atoms with Crippen LogP contribution in [-0.2, 0) is 4.79 Å². The van der Waals surface area contributed by atoms with Crippen molar-refractivity contribution in [3.63, 3.8) is 0 Å². The van der Waals surface area contributed by atoms with E-state index < -0.39 is 11.9 Å². The van der Waals surface area contributed by atoms with Crippen molar-refractivity contribution in [3.05, 3.63) is 29.6 Å². The lowest BCUT2D eigenvalue weighted by atomic mass is 9.78. The number of urea groups is 1. The third-order valence-corrected chi connectivity index (χ3v) is 4.55. The summed E-state index contributed by atoms with van der Waals surface area (Å²) in [5, 5.41) is 8.17. The summed E-state index contributed by atoms with van der Waals surface area (Å²) in [5.41, 5.74) is 10.3. The van der Waals surface area contributed by atoms with E-state index in [-0.39, 0.29) is 29.2 Å². The van der Waals surface area contributed by atoms with Gasteiger partial charge < -0.3 is 27.4 Å². The highest BCUT2D eigenvalue weighted by Gasteiger charge is 2.29. The van der Waals surface area contributed by atoms with Gasteiger partial charge in [-0.05, 0) is 43.7 Å². The van der Waals surface area contributed by atoms with Crippen molar-refractivity contribution < 1.29 is 19.2 Å². The van der Waals surface area contributed by atoms with E-state index in [0.29, 0.717) is 31.8 Å². The molecule has 0 aliphatic heterocycles. The molecule has 1 fully saturated rings. The number of rotatable bonds is 10. The quantitative estimate of drug-likeness (QED) is 0.343. The number of pyridine rings is 1. The smallest absolute Gasteiger partial charge is 0.312 e. The maximum atomic E-state index is 12.1. The number of amides is 5. The van der Waals surface area contributed by atoms with Crippen LogP contribution in [0.5, 0.6) is 0 Å². The summed E-state index contributed by atoms with van der Waals surface area (Å²) < 4.78 is 0. The van der Waals surface area contributed by atoms with Gasteiger partial charge in [-0.25, -0.2) is 9.78 Å². The van der Waals surface area contributed by atoms with Crippen LogP contribution in [0.4, 0.5) is 4.79 Å². The van der Waals surface area contributed by atoms with Crippen LogP contribution in [0.15, 0.2) is 18.2 Å². The zero-order valence-electron chi connectivity index (χ0n) is 15.6. The fraction of sp³-hybridized carbons (Fsp3) is 0.500. The van der Waals surface area contributed by atoms with Gasteiger partial charge in [0.25, 0.3) is 11.8 Å². The van der Waals surface area contributed by atoms with Crippen molar-refractivity contribution in [2.24, 2.45) is 17.4 Å². The van der Waals surface area contributed by atoms with Gasteiger partial charge in [-0.3, -0.25) is 14.4 Å². The number of hydrogen-bond acceptors (Lipinski definition) is 5.